The highest BCUT2D eigenvalue weighted by molar-refractivity contribution is 5.33. The monoisotopic (exact) mass is 319 g/mol. The Hall–Kier alpha value is -2.15. The Morgan fingerprint density at radius 1 is 1.12 bits per heavy atom. The van der Waals surface area contributed by atoms with Gasteiger partial charge in [-0.1, -0.05) is 42.0 Å². The minimum atomic E-state index is 0.520. The summed E-state index contributed by atoms with van der Waals surface area (Å²) in [5, 5.41) is 9.08. The SMILES string of the molecule is Cc1ccc([C@H]2CN(Cc3cccc(C#N)c3)C[C@@H]2N(C)C)cc1. The van der Waals surface area contributed by atoms with Crippen molar-refractivity contribution in [1.82, 2.24) is 9.80 Å². The zero-order valence-corrected chi connectivity index (χ0v) is 14.7. The number of hydrogen-bond donors (Lipinski definition) is 0. The standard InChI is InChI=1S/C21H25N3/c1-16-7-9-19(10-8-16)20-14-24(15-21(20)23(2)3)13-18-6-4-5-17(11-18)12-22/h4-11,20-21H,13-15H2,1-3H3/t20-,21+/m1/s1. The van der Waals surface area contributed by atoms with Crippen LogP contribution < -0.4 is 0 Å². The zero-order valence-electron chi connectivity index (χ0n) is 14.7. The van der Waals surface area contributed by atoms with Crippen LogP contribution in [0.1, 0.15) is 28.2 Å². The lowest BCUT2D eigenvalue weighted by Gasteiger charge is -2.25. The van der Waals surface area contributed by atoms with Crippen molar-refractivity contribution in [2.75, 3.05) is 27.2 Å². The van der Waals surface area contributed by atoms with Gasteiger partial charge in [-0.2, -0.15) is 5.26 Å². The molecule has 1 fully saturated rings. The van der Waals surface area contributed by atoms with Crippen LogP contribution in [0.4, 0.5) is 0 Å². The molecule has 1 aliphatic heterocycles. The first kappa shape index (κ1) is 16.7. The molecule has 2 aromatic carbocycles. The third-order valence-electron chi connectivity index (χ3n) is 5.00. The summed E-state index contributed by atoms with van der Waals surface area (Å²) in [5.41, 5.74) is 4.69. The number of hydrogen-bond acceptors (Lipinski definition) is 3. The van der Waals surface area contributed by atoms with E-state index < -0.39 is 0 Å². The predicted molar refractivity (Wildman–Crippen MR) is 97.8 cm³/mol. The van der Waals surface area contributed by atoms with Crippen molar-refractivity contribution in [3.8, 4) is 6.07 Å². The molecule has 0 aliphatic carbocycles. The van der Waals surface area contributed by atoms with Crippen LogP contribution in [0.15, 0.2) is 48.5 Å². The van der Waals surface area contributed by atoms with Crippen molar-refractivity contribution in [2.45, 2.75) is 25.4 Å². The van der Waals surface area contributed by atoms with Gasteiger partial charge in [-0.05, 0) is 44.3 Å². The lowest BCUT2D eigenvalue weighted by atomic mass is 9.93. The van der Waals surface area contributed by atoms with Gasteiger partial charge >= 0.3 is 0 Å². The van der Waals surface area contributed by atoms with E-state index in [1.807, 2.05) is 18.2 Å². The highest BCUT2D eigenvalue weighted by Gasteiger charge is 2.34. The second-order valence-electron chi connectivity index (χ2n) is 7.05. The van der Waals surface area contributed by atoms with Gasteiger partial charge in [-0.15, -0.1) is 0 Å². The fourth-order valence-corrected chi connectivity index (χ4v) is 3.66. The van der Waals surface area contributed by atoms with Crippen LogP contribution in [0.3, 0.4) is 0 Å². The first-order valence-corrected chi connectivity index (χ1v) is 8.51. The highest BCUT2D eigenvalue weighted by Crippen LogP contribution is 2.31. The van der Waals surface area contributed by atoms with E-state index in [0.717, 1.165) is 25.2 Å². The molecule has 0 amide bonds. The van der Waals surface area contributed by atoms with Gasteiger partial charge < -0.3 is 4.90 Å². The number of nitrogens with zero attached hydrogens (tertiary/aromatic N) is 3. The van der Waals surface area contributed by atoms with E-state index in [1.165, 1.54) is 16.7 Å². The lowest BCUT2D eigenvalue weighted by Crippen LogP contribution is -2.34. The topological polar surface area (TPSA) is 30.3 Å². The summed E-state index contributed by atoms with van der Waals surface area (Å²) < 4.78 is 0. The largest absolute Gasteiger partial charge is 0.305 e. The molecule has 0 saturated carbocycles. The highest BCUT2D eigenvalue weighted by atomic mass is 15.2. The molecule has 1 saturated heterocycles. The molecule has 0 N–H and O–H groups in total. The molecule has 0 aromatic heterocycles. The number of likely N-dealkylation sites (tertiary alicyclic amines) is 1. The molecule has 3 nitrogen and oxygen atoms in total. The van der Waals surface area contributed by atoms with Gasteiger partial charge in [0.1, 0.15) is 0 Å². The second kappa shape index (κ2) is 7.17. The molecule has 0 unspecified atom stereocenters. The fourth-order valence-electron chi connectivity index (χ4n) is 3.66. The van der Waals surface area contributed by atoms with Crippen molar-refractivity contribution in [3.05, 3.63) is 70.8 Å². The molecular weight excluding hydrogens is 294 g/mol. The van der Waals surface area contributed by atoms with Crippen LogP contribution >= 0.6 is 0 Å². The van der Waals surface area contributed by atoms with Gasteiger partial charge in [0.05, 0.1) is 11.6 Å². The molecule has 0 radical (unpaired) electrons. The number of benzene rings is 2. The van der Waals surface area contributed by atoms with E-state index in [4.69, 9.17) is 5.26 Å². The molecule has 0 spiro atoms. The smallest absolute Gasteiger partial charge is 0.0991 e. The van der Waals surface area contributed by atoms with E-state index in [0.29, 0.717) is 12.0 Å². The summed E-state index contributed by atoms with van der Waals surface area (Å²) in [7, 11) is 4.34. The summed E-state index contributed by atoms with van der Waals surface area (Å²) in [6, 6.07) is 19.7. The molecule has 3 heteroatoms. The van der Waals surface area contributed by atoms with E-state index in [-0.39, 0.29) is 0 Å². The number of likely N-dealkylation sites (N-methyl/N-ethyl adjacent to an activating group) is 1. The minimum absolute atomic E-state index is 0.520. The average Bonchev–Trinajstić information content (AvgIpc) is 3.00. The number of nitriles is 1. The summed E-state index contributed by atoms with van der Waals surface area (Å²) in [5.74, 6) is 0.528. The summed E-state index contributed by atoms with van der Waals surface area (Å²) in [6.07, 6.45) is 0. The summed E-state index contributed by atoms with van der Waals surface area (Å²) >= 11 is 0. The Labute approximate surface area is 145 Å². The molecule has 3 rings (SSSR count). The van der Waals surface area contributed by atoms with Crippen LogP contribution in [0, 0.1) is 18.3 Å². The van der Waals surface area contributed by atoms with E-state index in [1.54, 1.807) is 0 Å². The predicted octanol–water partition coefficient (Wildman–Crippen LogP) is 3.40. The first-order valence-electron chi connectivity index (χ1n) is 8.51. The Kier molecular flexibility index (Phi) is 4.99. The molecule has 2 aromatic rings. The van der Waals surface area contributed by atoms with Gasteiger partial charge in [0.25, 0.3) is 0 Å². The second-order valence-corrected chi connectivity index (χ2v) is 7.05. The van der Waals surface area contributed by atoms with Crippen molar-refractivity contribution in [1.29, 1.82) is 5.26 Å². The number of rotatable bonds is 4. The van der Waals surface area contributed by atoms with Crippen molar-refractivity contribution >= 4 is 0 Å². The quantitative estimate of drug-likeness (QED) is 0.865. The Morgan fingerprint density at radius 3 is 2.54 bits per heavy atom. The normalized spacial score (nSPS) is 21.1. The Bertz CT molecular complexity index is 727. The maximum Gasteiger partial charge on any atom is 0.0991 e. The maximum absolute atomic E-state index is 9.08. The van der Waals surface area contributed by atoms with E-state index in [9.17, 15) is 0 Å². The number of aryl methyl sites for hydroxylation is 1. The molecule has 1 heterocycles. The van der Waals surface area contributed by atoms with Crippen molar-refractivity contribution in [3.63, 3.8) is 0 Å². The fraction of sp³-hybridized carbons (Fsp3) is 0.381. The Balaban J connectivity index is 1.77. The third-order valence-corrected chi connectivity index (χ3v) is 5.00. The van der Waals surface area contributed by atoms with Crippen LogP contribution in [0.5, 0.6) is 0 Å². The van der Waals surface area contributed by atoms with Crippen LogP contribution in [-0.2, 0) is 6.54 Å². The van der Waals surface area contributed by atoms with E-state index in [2.05, 4.69) is 67.2 Å². The van der Waals surface area contributed by atoms with Crippen LogP contribution in [0.2, 0.25) is 0 Å². The molecule has 2 atom stereocenters. The van der Waals surface area contributed by atoms with Gasteiger partial charge in [0.15, 0.2) is 0 Å². The molecule has 0 bridgehead atoms. The summed E-state index contributed by atoms with van der Waals surface area (Å²) in [6.45, 7) is 5.16. The molecule has 1 aliphatic rings. The average molecular weight is 319 g/mol. The third kappa shape index (κ3) is 3.67. The van der Waals surface area contributed by atoms with Gasteiger partial charge in [-0.25, -0.2) is 0 Å². The van der Waals surface area contributed by atoms with Crippen LogP contribution in [-0.4, -0.2) is 43.0 Å². The minimum Gasteiger partial charge on any atom is -0.305 e. The first-order chi connectivity index (χ1) is 11.6. The van der Waals surface area contributed by atoms with Gasteiger partial charge in [0.2, 0.25) is 0 Å². The van der Waals surface area contributed by atoms with Gasteiger partial charge in [-0.3, -0.25) is 4.90 Å². The molecular formula is C21H25N3. The molecule has 24 heavy (non-hydrogen) atoms. The summed E-state index contributed by atoms with van der Waals surface area (Å²) in [4.78, 5) is 4.85. The zero-order chi connectivity index (χ0) is 17.1. The Morgan fingerprint density at radius 2 is 1.88 bits per heavy atom. The van der Waals surface area contributed by atoms with Crippen molar-refractivity contribution in [2.24, 2.45) is 0 Å². The van der Waals surface area contributed by atoms with E-state index >= 15 is 0 Å². The van der Waals surface area contributed by atoms with Gasteiger partial charge in [0, 0.05) is 31.6 Å². The maximum atomic E-state index is 9.08. The van der Waals surface area contributed by atoms with Crippen LogP contribution in [0.25, 0.3) is 0 Å². The molecule has 124 valence electrons. The lowest BCUT2D eigenvalue weighted by molar-refractivity contribution is 0.260. The van der Waals surface area contributed by atoms with Crippen molar-refractivity contribution < 1.29 is 0 Å².